The summed E-state index contributed by atoms with van der Waals surface area (Å²) in [5.74, 6) is 0.0227. The maximum atomic E-state index is 12.2. The number of nitrogens with zero attached hydrogens (tertiary/aromatic N) is 3. The number of rotatable bonds is 6. The Morgan fingerprint density at radius 3 is 2.84 bits per heavy atom. The Bertz CT molecular complexity index is 722. The molecule has 25 heavy (non-hydrogen) atoms. The van der Waals surface area contributed by atoms with Crippen LogP contribution >= 0.6 is 11.3 Å². The monoisotopic (exact) mass is 363 g/mol. The summed E-state index contributed by atoms with van der Waals surface area (Å²) in [6, 6.07) is 5.14. The van der Waals surface area contributed by atoms with E-state index >= 15 is 0 Å². The van der Waals surface area contributed by atoms with Crippen molar-refractivity contribution in [3.05, 3.63) is 34.2 Å². The lowest BCUT2D eigenvalue weighted by Crippen LogP contribution is -2.41. The number of hydrogen-bond acceptors (Lipinski definition) is 6. The molecule has 0 saturated carbocycles. The van der Waals surface area contributed by atoms with Gasteiger partial charge in [0.2, 0.25) is 0 Å². The highest BCUT2D eigenvalue weighted by atomic mass is 32.1. The van der Waals surface area contributed by atoms with Gasteiger partial charge in [0.1, 0.15) is 5.82 Å². The van der Waals surface area contributed by atoms with Crippen molar-refractivity contribution in [2.45, 2.75) is 0 Å². The van der Waals surface area contributed by atoms with Crippen molar-refractivity contribution in [3.63, 3.8) is 0 Å². The molecule has 0 radical (unpaired) electrons. The number of hydrogen-bond donors (Lipinski definition) is 2. The number of aryl methyl sites for hydroxylation is 1. The normalized spacial score (nSPS) is 15.1. The zero-order valence-electron chi connectivity index (χ0n) is 14.0. The number of amides is 2. The minimum atomic E-state index is -0.250. The summed E-state index contributed by atoms with van der Waals surface area (Å²) in [6.45, 7) is 4.58. The molecule has 2 amide bonds. The van der Waals surface area contributed by atoms with Gasteiger partial charge in [-0.25, -0.2) is 0 Å². The fourth-order valence-electron chi connectivity index (χ4n) is 2.52. The molecule has 0 atom stereocenters. The topological polar surface area (TPSA) is 88.5 Å². The number of morpholine rings is 1. The average molecular weight is 363 g/mol. The van der Waals surface area contributed by atoms with Crippen molar-refractivity contribution in [1.82, 2.24) is 20.0 Å². The molecule has 0 unspecified atom stereocenters. The third kappa shape index (κ3) is 4.65. The lowest BCUT2D eigenvalue weighted by atomic mass is 10.3. The molecule has 0 aromatic carbocycles. The highest BCUT2D eigenvalue weighted by molar-refractivity contribution is 7.12. The maximum Gasteiger partial charge on any atom is 0.271 e. The SMILES string of the molecule is Cn1nc(C(=O)NCCN2CCOCC2)cc1NC(=O)c1cccs1. The molecule has 0 aliphatic carbocycles. The molecule has 8 nitrogen and oxygen atoms in total. The Balaban J connectivity index is 1.52. The van der Waals surface area contributed by atoms with E-state index in [0.29, 0.717) is 17.2 Å². The van der Waals surface area contributed by atoms with E-state index in [4.69, 9.17) is 4.74 Å². The van der Waals surface area contributed by atoms with Gasteiger partial charge in [-0.05, 0) is 11.4 Å². The molecule has 3 rings (SSSR count). The van der Waals surface area contributed by atoms with Crippen LogP contribution in [0.3, 0.4) is 0 Å². The lowest BCUT2D eigenvalue weighted by Gasteiger charge is -2.26. The van der Waals surface area contributed by atoms with Gasteiger partial charge < -0.3 is 15.4 Å². The van der Waals surface area contributed by atoms with Crippen LogP contribution in [0.25, 0.3) is 0 Å². The first-order chi connectivity index (χ1) is 12.1. The molecule has 1 aliphatic rings. The van der Waals surface area contributed by atoms with Crippen molar-refractivity contribution in [3.8, 4) is 0 Å². The molecule has 134 valence electrons. The molecule has 2 aromatic rings. The van der Waals surface area contributed by atoms with E-state index in [0.717, 1.165) is 32.8 Å². The molecule has 3 heterocycles. The van der Waals surface area contributed by atoms with Crippen molar-refractivity contribution in [2.24, 2.45) is 7.05 Å². The van der Waals surface area contributed by atoms with Crippen LogP contribution in [0, 0.1) is 0 Å². The number of carbonyl (C=O) groups is 2. The van der Waals surface area contributed by atoms with Crippen LogP contribution in [-0.2, 0) is 11.8 Å². The van der Waals surface area contributed by atoms with Gasteiger partial charge >= 0.3 is 0 Å². The number of thiophene rings is 1. The van der Waals surface area contributed by atoms with Crippen LogP contribution in [-0.4, -0.2) is 65.9 Å². The van der Waals surface area contributed by atoms with Gasteiger partial charge in [-0.15, -0.1) is 11.3 Å². The minimum Gasteiger partial charge on any atom is -0.379 e. The standard InChI is InChI=1S/C16H21N5O3S/c1-20-14(18-16(23)13-3-2-10-25-13)11-12(19-20)15(22)17-4-5-21-6-8-24-9-7-21/h2-3,10-11H,4-9H2,1H3,(H,17,22)(H,18,23). The second-order valence-corrected chi connectivity index (χ2v) is 6.63. The Kier molecular flexibility index (Phi) is 5.79. The summed E-state index contributed by atoms with van der Waals surface area (Å²) in [5.41, 5.74) is 0.283. The molecule has 2 aromatic heterocycles. The van der Waals surface area contributed by atoms with Gasteiger partial charge in [-0.2, -0.15) is 5.10 Å². The average Bonchev–Trinajstić information content (AvgIpc) is 3.26. The van der Waals surface area contributed by atoms with Crippen LogP contribution in [0.1, 0.15) is 20.2 Å². The van der Waals surface area contributed by atoms with Gasteiger partial charge in [-0.3, -0.25) is 19.2 Å². The van der Waals surface area contributed by atoms with Crippen molar-refractivity contribution in [2.75, 3.05) is 44.7 Å². The summed E-state index contributed by atoms with van der Waals surface area (Å²) in [6.07, 6.45) is 0. The van der Waals surface area contributed by atoms with Crippen LogP contribution in [0.4, 0.5) is 5.82 Å². The van der Waals surface area contributed by atoms with Gasteiger partial charge in [0.05, 0.1) is 18.1 Å². The van der Waals surface area contributed by atoms with Crippen LogP contribution < -0.4 is 10.6 Å². The molecule has 2 N–H and O–H groups in total. The van der Waals surface area contributed by atoms with E-state index in [9.17, 15) is 9.59 Å². The van der Waals surface area contributed by atoms with E-state index < -0.39 is 0 Å². The smallest absolute Gasteiger partial charge is 0.271 e. The third-order valence-electron chi connectivity index (χ3n) is 3.92. The van der Waals surface area contributed by atoms with Crippen LogP contribution in [0.2, 0.25) is 0 Å². The van der Waals surface area contributed by atoms with Crippen molar-refractivity contribution < 1.29 is 14.3 Å². The third-order valence-corrected chi connectivity index (χ3v) is 4.78. The molecular weight excluding hydrogens is 342 g/mol. The Morgan fingerprint density at radius 2 is 2.12 bits per heavy atom. The Morgan fingerprint density at radius 1 is 1.32 bits per heavy atom. The van der Waals surface area contributed by atoms with E-state index in [1.54, 1.807) is 19.2 Å². The first-order valence-electron chi connectivity index (χ1n) is 8.10. The Labute approximate surface area is 149 Å². The quantitative estimate of drug-likeness (QED) is 0.792. The minimum absolute atomic E-state index is 0.211. The predicted octanol–water partition coefficient (Wildman–Crippen LogP) is 0.796. The number of carbonyl (C=O) groups excluding carboxylic acids is 2. The number of ether oxygens (including phenoxy) is 1. The molecule has 0 spiro atoms. The molecule has 0 bridgehead atoms. The van der Waals surface area contributed by atoms with Crippen molar-refractivity contribution in [1.29, 1.82) is 0 Å². The summed E-state index contributed by atoms with van der Waals surface area (Å²) in [4.78, 5) is 27.2. The highest BCUT2D eigenvalue weighted by Crippen LogP contribution is 2.14. The number of aromatic nitrogens is 2. The Hall–Kier alpha value is -2.23. The highest BCUT2D eigenvalue weighted by Gasteiger charge is 2.16. The zero-order valence-corrected chi connectivity index (χ0v) is 14.8. The van der Waals surface area contributed by atoms with Crippen LogP contribution in [0.15, 0.2) is 23.6 Å². The van der Waals surface area contributed by atoms with Gasteiger partial charge in [0, 0.05) is 39.3 Å². The lowest BCUT2D eigenvalue weighted by molar-refractivity contribution is 0.0383. The predicted molar refractivity (Wildman–Crippen MR) is 95.1 cm³/mol. The van der Waals surface area contributed by atoms with Gasteiger partial charge in [-0.1, -0.05) is 6.07 Å². The second-order valence-electron chi connectivity index (χ2n) is 5.68. The largest absolute Gasteiger partial charge is 0.379 e. The van der Waals surface area contributed by atoms with Gasteiger partial charge in [0.15, 0.2) is 5.69 Å². The van der Waals surface area contributed by atoms with Crippen LogP contribution in [0.5, 0.6) is 0 Å². The zero-order chi connectivity index (χ0) is 17.6. The summed E-state index contributed by atoms with van der Waals surface area (Å²) in [5, 5.41) is 11.6. The molecule has 1 saturated heterocycles. The number of anilines is 1. The first-order valence-corrected chi connectivity index (χ1v) is 8.98. The van der Waals surface area contributed by atoms with E-state index in [-0.39, 0.29) is 17.5 Å². The van der Waals surface area contributed by atoms with E-state index in [1.807, 2.05) is 11.4 Å². The maximum absolute atomic E-state index is 12.2. The summed E-state index contributed by atoms with van der Waals surface area (Å²) < 4.78 is 6.78. The van der Waals surface area contributed by atoms with Gasteiger partial charge in [0.25, 0.3) is 11.8 Å². The van der Waals surface area contributed by atoms with E-state index in [2.05, 4.69) is 20.6 Å². The molecular formula is C16H21N5O3S. The fraction of sp³-hybridized carbons (Fsp3) is 0.438. The fourth-order valence-corrected chi connectivity index (χ4v) is 3.14. The van der Waals surface area contributed by atoms with E-state index in [1.165, 1.54) is 16.0 Å². The molecule has 1 fully saturated rings. The van der Waals surface area contributed by atoms with Crippen molar-refractivity contribution >= 4 is 29.0 Å². The summed E-state index contributed by atoms with van der Waals surface area (Å²) >= 11 is 1.36. The number of nitrogens with one attached hydrogen (secondary N) is 2. The first kappa shape index (κ1) is 17.6. The molecule has 1 aliphatic heterocycles. The molecule has 9 heteroatoms. The summed E-state index contributed by atoms with van der Waals surface area (Å²) in [7, 11) is 1.69. The second kappa shape index (κ2) is 8.24.